The number of carbonyl (C=O) groups excluding carboxylic acids is 1. The highest BCUT2D eigenvalue weighted by Gasteiger charge is 2.34. The third-order valence-electron chi connectivity index (χ3n) is 3.41. The molecular weight excluding hydrogens is 266 g/mol. The minimum atomic E-state index is -1.19. The molecule has 1 heterocycles. The molecule has 1 aromatic rings. The molecule has 5 heteroatoms. The maximum atomic E-state index is 11.8. The summed E-state index contributed by atoms with van der Waals surface area (Å²) in [5, 5.41) is 10.5. The van der Waals surface area contributed by atoms with Crippen LogP contribution in [-0.4, -0.2) is 34.9 Å². The Hall–Kier alpha value is -1.00. The topological polar surface area (TPSA) is 53.7 Å². The molecule has 0 aromatic carbocycles. The molecule has 2 rings (SSSR count). The number of nitrogens with zero attached hydrogens (tertiary/aromatic N) is 1. The van der Waals surface area contributed by atoms with Crippen LogP contribution in [0.4, 0.5) is 0 Å². The summed E-state index contributed by atoms with van der Waals surface area (Å²) < 4.78 is 5.46. The number of aliphatic hydroxyl groups is 1. The first-order valence-electron chi connectivity index (χ1n) is 6.55. The first-order chi connectivity index (χ1) is 8.92. The van der Waals surface area contributed by atoms with Gasteiger partial charge in [0, 0.05) is 6.54 Å². The van der Waals surface area contributed by atoms with E-state index in [0.717, 1.165) is 18.6 Å². The molecule has 106 valence electrons. The van der Waals surface area contributed by atoms with Crippen LogP contribution in [0.5, 0.6) is 0 Å². The van der Waals surface area contributed by atoms with Crippen molar-refractivity contribution < 1.29 is 14.3 Å². The highest BCUT2D eigenvalue weighted by Crippen LogP contribution is 2.31. The van der Waals surface area contributed by atoms with E-state index in [4.69, 9.17) is 16.0 Å². The molecule has 0 bridgehead atoms. The summed E-state index contributed by atoms with van der Waals surface area (Å²) in [6.07, 6.45) is 2.29. The van der Waals surface area contributed by atoms with E-state index >= 15 is 0 Å². The maximum absolute atomic E-state index is 11.8. The Labute approximate surface area is 118 Å². The Morgan fingerprint density at radius 3 is 2.74 bits per heavy atom. The first kappa shape index (κ1) is 14.4. The predicted octanol–water partition coefficient (Wildman–Crippen LogP) is 2.27. The third kappa shape index (κ3) is 3.74. The monoisotopic (exact) mass is 285 g/mol. The van der Waals surface area contributed by atoms with E-state index in [2.05, 4.69) is 0 Å². The fourth-order valence-corrected chi connectivity index (χ4v) is 2.29. The molecule has 1 saturated carbocycles. The fraction of sp³-hybridized carbons (Fsp3) is 0.643. The average molecular weight is 286 g/mol. The molecule has 1 amide bonds. The van der Waals surface area contributed by atoms with Crippen LogP contribution in [0.25, 0.3) is 0 Å². The number of halogens is 1. The van der Waals surface area contributed by atoms with Crippen LogP contribution >= 0.6 is 11.6 Å². The Morgan fingerprint density at radius 1 is 1.58 bits per heavy atom. The molecule has 0 saturated heterocycles. The van der Waals surface area contributed by atoms with Gasteiger partial charge in [0.15, 0.2) is 0 Å². The molecule has 1 fully saturated rings. The Bertz CT molecular complexity index is 451. The number of rotatable bonds is 6. The predicted molar refractivity (Wildman–Crippen MR) is 73.0 cm³/mol. The standard InChI is InChI=1S/C14H20ClNO3/c1-10-3-6-12(19-10)14(2,18)9-16(13(17)7-15)8-11-4-5-11/h3,6,11,18H,4-5,7-9H2,1-2H3. The number of hydrogen-bond acceptors (Lipinski definition) is 3. The van der Waals surface area contributed by atoms with Crippen molar-refractivity contribution in [1.82, 2.24) is 4.90 Å². The highest BCUT2D eigenvalue weighted by atomic mass is 35.5. The van der Waals surface area contributed by atoms with E-state index in [1.807, 2.05) is 6.92 Å². The number of alkyl halides is 1. The van der Waals surface area contributed by atoms with E-state index < -0.39 is 5.60 Å². The highest BCUT2D eigenvalue weighted by molar-refractivity contribution is 6.27. The minimum absolute atomic E-state index is 0.0556. The smallest absolute Gasteiger partial charge is 0.237 e. The lowest BCUT2D eigenvalue weighted by Crippen LogP contribution is -2.43. The number of carbonyl (C=O) groups is 1. The summed E-state index contributed by atoms with van der Waals surface area (Å²) in [6, 6.07) is 3.55. The summed E-state index contributed by atoms with van der Waals surface area (Å²) >= 11 is 5.63. The molecule has 1 unspecified atom stereocenters. The second-order valence-corrected chi connectivity index (χ2v) is 5.80. The molecule has 1 aliphatic rings. The van der Waals surface area contributed by atoms with Crippen LogP contribution in [0.2, 0.25) is 0 Å². The van der Waals surface area contributed by atoms with Crippen LogP contribution in [-0.2, 0) is 10.4 Å². The normalized spacial score (nSPS) is 18.1. The van der Waals surface area contributed by atoms with Crippen molar-refractivity contribution in [2.45, 2.75) is 32.3 Å². The molecule has 1 aromatic heterocycles. The molecule has 1 N–H and O–H groups in total. The SMILES string of the molecule is Cc1ccc(C(C)(O)CN(CC2CC2)C(=O)CCl)o1. The number of amides is 1. The quantitative estimate of drug-likeness (QED) is 0.816. The molecule has 19 heavy (non-hydrogen) atoms. The van der Waals surface area contributed by atoms with Crippen molar-refractivity contribution >= 4 is 17.5 Å². The van der Waals surface area contributed by atoms with Crippen molar-refractivity contribution in [2.75, 3.05) is 19.0 Å². The van der Waals surface area contributed by atoms with Crippen LogP contribution in [0, 0.1) is 12.8 Å². The fourth-order valence-electron chi connectivity index (χ4n) is 2.12. The summed E-state index contributed by atoms with van der Waals surface area (Å²) in [4.78, 5) is 13.5. The van der Waals surface area contributed by atoms with Gasteiger partial charge in [0.25, 0.3) is 0 Å². The first-order valence-corrected chi connectivity index (χ1v) is 7.09. The summed E-state index contributed by atoms with van der Waals surface area (Å²) in [5.74, 6) is 1.58. The van der Waals surface area contributed by atoms with E-state index in [-0.39, 0.29) is 18.3 Å². The Morgan fingerprint density at radius 2 is 2.26 bits per heavy atom. The van der Waals surface area contributed by atoms with Crippen molar-refractivity contribution in [2.24, 2.45) is 5.92 Å². The third-order valence-corrected chi connectivity index (χ3v) is 3.64. The molecular formula is C14H20ClNO3. The van der Waals surface area contributed by atoms with Crippen LogP contribution in [0.3, 0.4) is 0 Å². The lowest BCUT2D eigenvalue weighted by atomic mass is 10.0. The van der Waals surface area contributed by atoms with Crippen LogP contribution in [0.1, 0.15) is 31.3 Å². The van der Waals surface area contributed by atoms with Gasteiger partial charge in [0.05, 0.1) is 6.54 Å². The lowest BCUT2D eigenvalue weighted by molar-refractivity contribution is -0.132. The number of aryl methyl sites for hydroxylation is 1. The Kier molecular flexibility index (Phi) is 4.21. The van der Waals surface area contributed by atoms with Gasteiger partial charge in [-0.2, -0.15) is 0 Å². The van der Waals surface area contributed by atoms with Gasteiger partial charge in [-0.1, -0.05) is 0 Å². The summed E-state index contributed by atoms with van der Waals surface area (Å²) in [7, 11) is 0. The number of furan rings is 1. The molecule has 1 atom stereocenters. The second kappa shape index (κ2) is 5.55. The zero-order valence-corrected chi connectivity index (χ0v) is 12.1. The van der Waals surface area contributed by atoms with E-state index in [0.29, 0.717) is 18.2 Å². The van der Waals surface area contributed by atoms with Crippen molar-refractivity contribution in [3.63, 3.8) is 0 Å². The van der Waals surface area contributed by atoms with Crippen molar-refractivity contribution in [3.05, 3.63) is 23.7 Å². The summed E-state index contributed by atoms with van der Waals surface area (Å²) in [6.45, 7) is 4.36. The van der Waals surface area contributed by atoms with Gasteiger partial charge < -0.3 is 14.4 Å². The zero-order chi connectivity index (χ0) is 14.0. The lowest BCUT2D eigenvalue weighted by Gasteiger charge is -2.30. The van der Waals surface area contributed by atoms with Crippen LogP contribution < -0.4 is 0 Å². The van der Waals surface area contributed by atoms with Gasteiger partial charge in [-0.25, -0.2) is 0 Å². The molecule has 0 spiro atoms. The maximum Gasteiger partial charge on any atom is 0.237 e. The summed E-state index contributed by atoms with van der Waals surface area (Å²) in [5.41, 5.74) is -1.19. The minimum Gasteiger partial charge on any atom is -0.463 e. The molecule has 1 aliphatic carbocycles. The molecule has 0 radical (unpaired) electrons. The van der Waals surface area contributed by atoms with E-state index in [9.17, 15) is 9.90 Å². The molecule has 4 nitrogen and oxygen atoms in total. The van der Waals surface area contributed by atoms with Gasteiger partial charge in [-0.15, -0.1) is 11.6 Å². The Balaban J connectivity index is 2.07. The molecule has 0 aliphatic heterocycles. The average Bonchev–Trinajstić information content (AvgIpc) is 3.06. The van der Waals surface area contributed by atoms with Gasteiger partial charge in [0.2, 0.25) is 5.91 Å². The van der Waals surface area contributed by atoms with Gasteiger partial charge in [-0.3, -0.25) is 4.79 Å². The van der Waals surface area contributed by atoms with Crippen molar-refractivity contribution in [1.29, 1.82) is 0 Å². The van der Waals surface area contributed by atoms with Gasteiger partial charge >= 0.3 is 0 Å². The van der Waals surface area contributed by atoms with E-state index in [1.165, 1.54) is 0 Å². The van der Waals surface area contributed by atoms with Gasteiger partial charge in [-0.05, 0) is 44.7 Å². The van der Waals surface area contributed by atoms with Crippen molar-refractivity contribution in [3.8, 4) is 0 Å². The van der Waals surface area contributed by atoms with E-state index in [1.54, 1.807) is 24.0 Å². The second-order valence-electron chi connectivity index (χ2n) is 5.54. The van der Waals surface area contributed by atoms with Gasteiger partial charge in [0.1, 0.15) is 23.0 Å². The van der Waals surface area contributed by atoms with Crippen LogP contribution in [0.15, 0.2) is 16.5 Å². The largest absolute Gasteiger partial charge is 0.463 e. The number of hydrogen-bond donors (Lipinski definition) is 1. The zero-order valence-electron chi connectivity index (χ0n) is 11.4.